The minimum Gasteiger partial charge on any atom is -0.339 e. The van der Waals surface area contributed by atoms with E-state index in [4.69, 9.17) is 0 Å². The lowest BCUT2D eigenvalue weighted by Gasteiger charge is -2.27. The molecule has 0 radical (unpaired) electrons. The van der Waals surface area contributed by atoms with Crippen LogP contribution in [0.5, 0.6) is 0 Å². The number of benzene rings is 2. The summed E-state index contributed by atoms with van der Waals surface area (Å²) in [7, 11) is 1.65. The molecule has 0 N–H and O–H groups in total. The van der Waals surface area contributed by atoms with Crippen LogP contribution in [0.2, 0.25) is 0 Å². The van der Waals surface area contributed by atoms with Gasteiger partial charge in [0.05, 0.1) is 6.04 Å². The lowest BCUT2D eigenvalue weighted by molar-refractivity contribution is -0.132. The van der Waals surface area contributed by atoms with E-state index >= 15 is 0 Å². The van der Waals surface area contributed by atoms with Gasteiger partial charge in [0.1, 0.15) is 11.6 Å². The van der Waals surface area contributed by atoms with Crippen LogP contribution >= 0.6 is 0 Å². The standard InChI is InChI=1S/C20H21F2NO/c1-13(18-12-16(21)9-10-19(18)22)23(2)20(24)11-15-8-7-14-5-3-4-6-17(14)15/h3-6,9-10,12-13,15H,7-8,11H2,1-2H3. The van der Waals surface area contributed by atoms with Crippen molar-refractivity contribution in [2.24, 2.45) is 0 Å². The van der Waals surface area contributed by atoms with Gasteiger partial charge in [-0.1, -0.05) is 24.3 Å². The summed E-state index contributed by atoms with van der Waals surface area (Å²) in [5.41, 5.74) is 2.75. The maximum absolute atomic E-state index is 13.9. The van der Waals surface area contributed by atoms with E-state index in [2.05, 4.69) is 12.1 Å². The highest BCUT2D eigenvalue weighted by atomic mass is 19.1. The molecule has 0 spiro atoms. The Bertz CT molecular complexity index is 759. The summed E-state index contributed by atoms with van der Waals surface area (Å²) in [6.07, 6.45) is 2.35. The third kappa shape index (κ3) is 3.18. The summed E-state index contributed by atoms with van der Waals surface area (Å²) >= 11 is 0. The molecule has 0 fully saturated rings. The Balaban J connectivity index is 1.72. The number of nitrogens with zero attached hydrogens (tertiary/aromatic N) is 1. The molecule has 24 heavy (non-hydrogen) atoms. The maximum Gasteiger partial charge on any atom is 0.223 e. The SMILES string of the molecule is CC(c1cc(F)ccc1F)N(C)C(=O)CC1CCc2ccccc21. The Morgan fingerprint density at radius 3 is 2.79 bits per heavy atom. The second-order valence-electron chi connectivity index (χ2n) is 6.48. The topological polar surface area (TPSA) is 20.3 Å². The highest BCUT2D eigenvalue weighted by molar-refractivity contribution is 5.77. The van der Waals surface area contributed by atoms with Crippen LogP contribution in [-0.2, 0) is 11.2 Å². The van der Waals surface area contributed by atoms with Gasteiger partial charge in [0.15, 0.2) is 0 Å². The normalized spacial score (nSPS) is 17.4. The Labute approximate surface area is 141 Å². The number of fused-ring (bicyclic) bond motifs is 1. The van der Waals surface area contributed by atoms with Gasteiger partial charge in [-0.25, -0.2) is 8.78 Å². The van der Waals surface area contributed by atoms with E-state index in [-0.39, 0.29) is 17.4 Å². The fraction of sp³-hybridized carbons (Fsp3) is 0.350. The fourth-order valence-corrected chi connectivity index (χ4v) is 3.47. The Morgan fingerprint density at radius 1 is 1.25 bits per heavy atom. The van der Waals surface area contributed by atoms with Gasteiger partial charge in [-0.15, -0.1) is 0 Å². The van der Waals surface area contributed by atoms with Gasteiger partial charge in [0, 0.05) is 19.0 Å². The molecule has 1 aliphatic carbocycles. The predicted octanol–water partition coefficient (Wildman–Crippen LogP) is 4.60. The molecular weight excluding hydrogens is 308 g/mol. The predicted molar refractivity (Wildman–Crippen MR) is 89.7 cm³/mol. The molecule has 1 amide bonds. The number of hydrogen-bond donors (Lipinski definition) is 0. The molecule has 4 heteroatoms. The minimum atomic E-state index is -0.509. The minimum absolute atomic E-state index is 0.0483. The van der Waals surface area contributed by atoms with Gasteiger partial charge in [0.2, 0.25) is 5.91 Å². The van der Waals surface area contributed by atoms with Crippen molar-refractivity contribution < 1.29 is 13.6 Å². The van der Waals surface area contributed by atoms with Gasteiger partial charge in [-0.05, 0) is 55.0 Å². The maximum atomic E-state index is 13.9. The van der Waals surface area contributed by atoms with Gasteiger partial charge < -0.3 is 4.90 Å². The highest BCUT2D eigenvalue weighted by Gasteiger charge is 2.27. The van der Waals surface area contributed by atoms with Crippen molar-refractivity contribution in [1.29, 1.82) is 0 Å². The molecule has 3 rings (SSSR count). The zero-order chi connectivity index (χ0) is 17.3. The summed E-state index contributed by atoms with van der Waals surface area (Å²) in [5.74, 6) is -0.827. The van der Waals surface area contributed by atoms with E-state index in [0.717, 1.165) is 31.0 Å². The molecular formula is C20H21F2NO. The van der Waals surface area contributed by atoms with Crippen LogP contribution in [0.15, 0.2) is 42.5 Å². The van der Waals surface area contributed by atoms with E-state index in [0.29, 0.717) is 6.42 Å². The van der Waals surface area contributed by atoms with Gasteiger partial charge in [0.25, 0.3) is 0 Å². The van der Waals surface area contributed by atoms with Crippen LogP contribution in [0, 0.1) is 11.6 Å². The zero-order valence-corrected chi connectivity index (χ0v) is 13.9. The number of hydrogen-bond acceptors (Lipinski definition) is 1. The molecule has 2 unspecified atom stereocenters. The van der Waals surface area contributed by atoms with Crippen LogP contribution < -0.4 is 0 Å². The van der Waals surface area contributed by atoms with Gasteiger partial charge >= 0.3 is 0 Å². The molecule has 0 aromatic heterocycles. The average Bonchev–Trinajstić information content (AvgIpc) is 2.99. The lowest BCUT2D eigenvalue weighted by Crippen LogP contribution is -2.31. The molecule has 0 aliphatic heterocycles. The van der Waals surface area contributed by atoms with Crippen LogP contribution in [0.4, 0.5) is 8.78 Å². The first-order valence-corrected chi connectivity index (χ1v) is 8.25. The highest BCUT2D eigenvalue weighted by Crippen LogP contribution is 2.36. The largest absolute Gasteiger partial charge is 0.339 e. The first-order chi connectivity index (χ1) is 11.5. The van der Waals surface area contributed by atoms with Crippen molar-refractivity contribution in [2.75, 3.05) is 7.05 Å². The smallest absolute Gasteiger partial charge is 0.223 e. The van der Waals surface area contributed by atoms with Crippen molar-refractivity contribution in [3.8, 4) is 0 Å². The third-order valence-electron chi connectivity index (χ3n) is 5.06. The number of halogens is 2. The number of rotatable bonds is 4. The number of carbonyl (C=O) groups excluding carboxylic acids is 1. The summed E-state index contributed by atoms with van der Waals surface area (Å²) in [5, 5.41) is 0. The second-order valence-corrected chi connectivity index (χ2v) is 6.48. The molecule has 0 heterocycles. The zero-order valence-electron chi connectivity index (χ0n) is 13.9. The van der Waals surface area contributed by atoms with Gasteiger partial charge in [-0.2, -0.15) is 0 Å². The molecule has 2 atom stereocenters. The van der Waals surface area contributed by atoms with Crippen molar-refractivity contribution in [1.82, 2.24) is 4.90 Å². The Morgan fingerprint density at radius 2 is 2.00 bits per heavy atom. The molecule has 126 valence electrons. The van der Waals surface area contributed by atoms with Gasteiger partial charge in [-0.3, -0.25) is 4.79 Å². The van der Waals surface area contributed by atoms with Crippen molar-refractivity contribution >= 4 is 5.91 Å². The molecule has 2 aromatic rings. The van der Waals surface area contributed by atoms with Crippen molar-refractivity contribution in [3.63, 3.8) is 0 Å². The van der Waals surface area contributed by atoms with Crippen LogP contribution in [0.1, 0.15) is 48.4 Å². The first-order valence-electron chi connectivity index (χ1n) is 8.25. The average molecular weight is 329 g/mol. The van der Waals surface area contributed by atoms with Crippen molar-refractivity contribution in [3.05, 3.63) is 70.8 Å². The van der Waals surface area contributed by atoms with E-state index in [1.165, 1.54) is 16.0 Å². The fourth-order valence-electron chi connectivity index (χ4n) is 3.47. The number of carbonyl (C=O) groups is 1. The summed E-state index contributed by atoms with van der Waals surface area (Å²) in [4.78, 5) is 14.1. The Kier molecular flexibility index (Phi) is 4.65. The third-order valence-corrected chi connectivity index (χ3v) is 5.06. The van der Waals surface area contributed by atoms with Crippen LogP contribution in [0.25, 0.3) is 0 Å². The quantitative estimate of drug-likeness (QED) is 0.802. The van der Waals surface area contributed by atoms with E-state index < -0.39 is 17.7 Å². The molecule has 0 saturated heterocycles. The van der Waals surface area contributed by atoms with E-state index in [1.807, 2.05) is 12.1 Å². The van der Waals surface area contributed by atoms with Crippen molar-refractivity contribution in [2.45, 2.75) is 38.1 Å². The van der Waals surface area contributed by atoms with E-state index in [9.17, 15) is 13.6 Å². The molecule has 0 saturated carbocycles. The molecule has 2 aromatic carbocycles. The summed E-state index contributed by atoms with van der Waals surface area (Å²) in [6.45, 7) is 1.72. The summed E-state index contributed by atoms with van der Waals surface area (Å²) < 4.78 is 27.3. The molecule has 2 nitrogen and oxygen atoms in total. The molecule has 1 aliphatic rings. The van der Waals surface area contributed by atoms with Crippen LogP contribution in [0.3, 0.4) is 0 Å². The monoisotopic (exact) mass is 329 g/mol. The lowest BCUT2D eigenvalue weighted by atomic mass is 9.96. The second kappa shape index (κ2) is 6.71. The summed E-state index contributed by atoms with van der Waals surface area (Å²) in [6, 6.07) is 11.0. The number of aryl methyl sites for hydroxylation is 1. The first kappa shape index (κ1) is 16.6. The number of amides is 1. The Hall–Kier alpha value is -2.23. The van der Waals surface area contributed by atoms with Crippen LogP contribution in [-0.4, -0.2) is 17.9 Å². The molecule has 0 bridgehead atoms. The van der Waals surface area contributed by atoms with E-state index in [1.54, 1.807) is 14.0 Å².